The van der Waals surface area contributed by atoms with E-state index >= 15 is 0 Å². The van der Waals surface area contributed by atoms with Crippen LogP contribution >= 0.6 is 11.3 Å². The molecule has 2 aromatic heterocycles. The van der Waals surface area contributed by atoms with Gasteiger partial charge in [-0.25, -0.2) is 4.98 Å². The first-order chi connectivity index (χ1) is 12.8. The van der Waals surface area contributed by atoms with Crippen LogP contribution in [0.25, 0.3) is 10.9 Å². The Morgan fingerprint density at radius 3 is 2.96 bits per heavy atom. The van der Waals surface area contributed by atoms with Gasteiger partial charge < -0.3 is 9.88 Å². The van der Waals surface area contributed by atoms with Crippen molar-refractivity contribution in [3.63, 3.8) is 0 Å². The number of aromatic nitrogens is 2. The zero-order valence-corrected chi connectivity index (χ0v) is 16.1. The molecule has 1 aliphatic rings. The second kappa shape index (κ2) is 7.62. The Balaban J connectivity index is 1.35. The molecule has 0 fully saturated rings. The van der Waals surface area contributed by atoms with Crippen molar-refractivity contribution < 1.29 is 4.79 Å². The van der Waals surface area contributed by atoms with Crippen molar-refractivity contribution in [3.05, 3.63) is 51.6 Å². The van der Waals surface area contributed by atoms with E-state index in [0.29, 0.717) is 6.54 Å². The monoisotopic (exact) mass is 367 g/mol. The molecule has 0 unspecified atom stereocenters. The average molecular weight is 368 g/mol. The molecule has 1 amide bonds. The summed E-state index contributed by atoms with van der Waals surface area (Å²) in [4.78, 5) is 18.9. The molecule has 4 rings (SSSR count). The highest BCUT2D eigenvalue weighted by molar-refractivity contribution is 7.11. The summed E-state index contributed by atoms with van der Waals surface area (Å²) < 4.78 is 2.08. The number of thiazole rings is 1. The smallest absolute Gasteiger partial charge is 0.267 e. The van der Waals surface area contributed by atoms with Crippen LogP contribution in [0.1, 0.15) is 52.3 Å². The van der Waals surface area contributed by atoms with Crippen molar-refractivity contribution >= 4 is 28.1 Å². The summed E-state index contributed by atoms with van der Waals surface area (Å²) >= 11 is 1.87. The normalized spacial score (nSPS) is 13.7. The minimum absolute atomic E-state index is 0.0153. The van der Waals surface area contributed by atoms with E-state index in [1.807, 2.05) is 29.5 Å². The highest BCUT2D eigenvalue weighted by Gasteiger charge is 2.16. The maximum absolute atomic E-state index is 12.6. The van der Waals surface area contributed by atoms with Gasteiger partial charge in [-0.3, -0.25) is 4.79 Å². The highest BCUT2D eigenvalue weighted by Crippen LogP contribution is 2.27. The van der Waals surface area contributed by atoms with Crippen LogP contribution in [0, 0.1) is 0 Å². The fraction of sp³-hybridized carbons (Fsp3) is 0.429. The lowest BCUT2D eigenvalue weighted by Crippen LogP contribution is -2.27. The number of fused-ring (bicyclic) bond motifs is 2. The number of para-hydroxylation sites is 1. The lowest BCUT2D eigenvalue weighted by molar-refractivity contribution is 0.0944. The van der Waals surface area contributed by atoms with Gasteiger partial charge in [-0.2, -0.15) is 0 Å². The van der Waals surface area contributed by atoms with Gasteiger partial charge in [0, 0.05) is 35.3 Å². The van der Waals surface area contributed by atoms with Crippen molar-refractivity contribution in [1.29, 1.82) is 0 Å². The largest absolute Gasteiger partial charge is 0.351 e. The molecular weight excluding hydrogens is 342 g/mol. The van der Waals surface area contributed by atoms with Crippen LogP contribution < -0.4 is 5.32 Å². The molecule has 1 N–H and O–H groups in total. The Hall–Kier alpha value is -2.14. The third-order valence-electron chi connectivity index (χ3n) is 5.10. The average Bonchev–Trinajstić information content (AvgIpc) is 3.25. The molecule has 136 valence electrons. The topological polar surface area (TPSA) is 46.9 Å². The summed E-state index contributed by atoms with van der Waals surface area (Å²) in [6.07, 6.45) is 6.81. The van der Waals surface area contributed by atoms with Crippen molar-refractivity contribution in [2.45, 2.75) is 52.0 Å². The van der Waals surface area contributed by atoms with Gasteiger partial charge in [0.1, 0.15) is 5.69 Å². The molecule has 0 bridgehead atoms. The van der Waals surface area contributed by atoms with Gasteiger partial charge in [-0.1, -0.05) is 18.2 Å². The first kappa shape index (κ1) is 17.3. The van der Waals surface area contributed by atoms with E-state index in [-0.39, 0.29) is 5.91 Å². The van der Waals surface area contributed by atoms with Crippen LogP contribution in [0.5, 0.6) is 0 Å². The number of amides is 1. The number of nitrogens with one attached hydrogen (secondary N) is 1. The Morgan fingerprint density at radius 1 is 1.27 bits per heavy atom. The van der Waals surface area contributed by atoms with Gasteiger partial charge in [-0.05, 0) is 51.2 Å². The summed E-state index contributed by atoms with van der Waals surface area (Å²) in [5.74, 6) is 0.0153. The van der Waals surface area contributed by atoms with E-state index in [4.69, 9.17) is 4.98 Å². The SMILES string of the molecule is CCn1c(C(=O)NCCCc2nc3c(s2)CCCC3)cc2ccccc21. The summed E-state index contributed by atoms with van der Waals surface area (Å²) in [6, 6.07) is 10.1. The molecule has 0 saturated carbocycles. The molecular formula is C21H25N3OS. The predicted octanol–water partition coefficient (Wildman–Crippen LogP) is 4.36. The van der Waals surface area contributed by atoms with Gasteiger partial charge in [0.2, 0.25) is 0 Å². The van der Waals surface area contributed by atoms with E-state index in [2.05, 4.69) is 28.9 Å². The zero-order valence-electron chi connectivity index (χ0n) is 15.3. The van der Waals surface area contributed by atoms with Gasteiger partial charge in [0.15, 0.2) is 0 Å². The molecule has 0 radical (unpaired) electrons. The van der Waals surface area contributed by atoms with E-state index in [1.54, 1.807) is 0 Å². The lowest BCUT2D eigenvalue weighted by atomic mass is 10.0. The van der Waals surface area contributed by atoms with Crippen molar-refractivity contribution in [2.24, 2.45) is 0 Å². The first-order valence-electron chi connectivity index (χ1n) is 9.60. The molecule has 26 heavy (non-hydrogen) atoms. The number of aryl methyl sites for hydroxylation is 4. The fourth-order valence-electron chi connectivity index (χ4n) is 3.78. The van der Waals surface area contributed by atoms with Crippen molar-refractivity contribution in [1.82, 2.24) is 14.9 Å². The summed E-state index contributed by atoms with van der Waals surface area (Å²) in [5, 5.41) is 5.43. The fourth-order valence-corrected chi connectivity index (χ4v) is 4.98. The van der Waals surface area contributed by atoms with Crippen LogP contribution in [-0.4, -0.2) is 22.0 Å². The molecule has 1 aromatic carbocycles. The van der Waals surface area contributed by atoms with E-state index < -0.39 is 0 Å². The van der Waals surface area contributed by atoms with Crippen molar-refractivity contribution in [2.75, 3.05) is 6.54 Å². The maximum atomic E-state index is 12.6. The van der Waals surface area contributed by atoms with Crippen LogP contribution in [-0.2, 0) is 25.8 Å². The number of carbonyl (C=O) groups excluding carboxylic acids is 1. The molecule has 0 aliphatic heterocycles. The molecule has 4 nitrogen and oxygen atoms in total. The predicted molar refractivity (Wildman–Crippen MR) is 107 cm³/mol. The van der Waals surface area contributed by atoms with Gasteiger partial charge in [0.25, 0.3) is 5.91 Å². The molecule has 5 heteroatoms. The Morgan fingerprint density at radius 2 is 2.12 bits per heavy atom. The number of rotatable bonds is 6. The summed E-state index contributed by atoms with van der Waals surface area (Å²) in [6.45, 7) is 3.56. The Kier molecular flexibility index (Phi) is 5.07. The van der Waals surface area contributed by atoms with Gasteiger partial charge >= 0.3 is 0 Å². The van der Waals surface area contributed by atoms with Gasteiger partial charge in [-0.15, -0.1) is 11.3 Å². The Labute approximate surface area is 158 Å². The zero-order chi connectivity index (χ0) is 17.9. The molecule has 1 aliphatic carbocycles. The van der Waals surface area contributed by atoms with Crippen molar-refractivity contribution in [3.8, 4) is 0 Å². The van der Waals surface area contributed by atoms with E-state index in [1.165, 1.54) is 34.8 Å². The van der Waals surface area contributed by atoms with Gasteiger partial charge in [0.05, 0.1) is 10.7 Å². The molecule has 2 heterocycles. The van der Waals surface area contributed by atoms with Crippen LogP contribution in [0.2, 0.25) is 0 Å². The molecule has 0 atom stereocenters. The Bertz CT molecular complexity index is 901. The standard InChI is InChI=1S/C21H25N3OS/c1-2-24-17-10-5-3-8-15(17)14-18(24)21(25)22-13-7-12-20-23-16-9-4-6-11-19(16)26-20/h3,5,8,10,14H,2,4,6-7,9,11-13H2,1H3,(H,22,25). The van der Waals surface area contributed by atoms with E-state index in [0.717, 1.165) is 42.4 Å². The molecule has 0 spiro atoms. The summed E-state index contributed by atoms with van der Waals surface area (Å²) in [5.41, 5.74) is 3.19. The maximum Gasteiger partial charge on any atom is 0.267 e. The number of hydrogen-bond donors (Lipinski definition) is 1. The van der Waals surface area contributed by atoms with Crippen LogP contribution in [0.3, 0.4) is 0 Å². The summed E-state index contributed by atoms with van der Waals surface area (Å²) in [7, 11) is 0. The second-order valence-electron chi connectivity index (χ2n) is 6.88. The third-order valence-corrected chi connectivity index (χ3v) is 6.32. The third kappa shape index (κ3) is 3.40. The number of carbonyl (C=O) groups is 1. The molecule has 0 saturated heterocycles. The minimum atomic E-state index is 0.0153. The number of hydrogen-bond acceptors (Lipinski definition) is 3. The number of nitrogens with zero attached hydrogens (tertiary/aromatic N) is 2. The van der Waals surface area contributed by atoms with E-state index in [9.17, 15) is 4.79 Å². The first-order valence-corrected chi connectivity index (χ1v) is 10.4. The van der Waals surface area contributed by atoms with Crippen LogP contribution in [0.4, 0.5) is 0 Å². The second-order valence-corrected chi connectivity index (χ2v) is 8.04. The van der Waals surface area contributed by atoms with Crippen LogP contribution in [0.15, 0.2) is 30.3 Å². The molecule has 3 aromatic rings. The minimum Gasteiger partial charge on any atom is -0.351 e. The lowest BCUT2D eigenvalue weighted by Gasteiger charge is -2.08. The quantitative estimate of drug-likeness (QED) is 0.658. The number of benzene rings is 1. The highest BCUT2D eigenvalue weighted by atomic mass is 32.1.